The molecule has 1 N–H and O–H groups in total. The summed E-state index contributed by atoms with van der Waals surface area (Å²) in [4.78, 5) is 38.1. The highest BCUT2D eigenvalue weighted by Gasteiger charge is 2.27. The van der Waals surface area contributed by atoms with E-state index in [1.165, 1.54) is 30.0 Å². The molecule has 1 aromatic carbocycles. The number of carbonyl (C=O) groups is 3. The Hall–Kier alpha value is -2.44. The van der Waals surface area contributed by atoms with E-state index in [0.29, 0.717) is 37.9 Å². The molecule has 2 rings (SSSR count). The molecular weight excluding hydrogens is 315 g/mol. The van der Waals surface area contributed by atoms with E-state index in [2.05, 4.69) is 0 Å². The molecule has 0 aromatic heterocycles. The maximum absolute atomic E-state index is 13.3. The third-order valence-corrected chi connectivity index (χ3v) is 4.21. The lowest BCUT2D eigenvalue weighted by molar-refractivity contribution is -0.145. The molecule has 6 nitrogen and oxygen atoms in total. The number of carbonyl (C=O) groups excluding carboxylic acids is 2. The monoisotopic (exact) mass is 336 g/mol. The molecule has 1 aromatic rings. The van der Waals surface area contributed by atoms with Crippen molar-refractivity contribution >= 4 is 17.8 Å². The van der Waals surface area contributed by atoms with Crippen LogP contribution < -0.4 is 0 Å². The third kappa shape index (κ3) is 4.53. The zero-order valence-corrected chi connectivity index (χ0v) is 13.6. The zero-order chi connectivity index (χ0) is 17.7. The molecule has 1 unspecified atom stereocenters. The van der Waals surface area contributed by atoms with Crippen molar-refractivity contribution in [1.82, 2.24) is 9.80 Å². The minimum atomic E-state index is -1.05. The van der Waals surface area contributed by atoms with Crippen LogP contribution in [-0.4, -0.2) is 58.4 Å². The van der Waals surface area contributed by atoms with Crippen LogP contribution in [0.2, 0.25) is 0 Å². The molecule has 1 aliphatic rings. The number of carboxylic acids is 1. The average Bonchev–Trinajstić information content (AvgIpc) is 2.77. The molecule has 2 amide bonds. The Bertz CT molecular complexity index is 635. The van der Waals surface area contributed by atoms with Gasteiger partial charge in [-0.05, 0) is 37.5 Å². The first-order valence-electron chi connectivity index (χ1n) is 7.92. The molecule has 0 aliphatic carbocycles. The lowest BCUT2D eigenvalue weighted by atomic mass is 10.1. The molecule has 130 valence electrons. The van der Waals surface area contributed by atoms with Crippen molar-refractivity contribution in [2.75, 3.05) is 19.6 Å². The highest BCUT2D eigenvalue weighted by molar-refractivity contribution is 5.94. The Morgan fingerprint density at radius 2 is 2.04 bits per heavy atom. The van der Waals surface area contributed by atoms with Gasteiger partial charge in [-0.25, -0.2) is 4.39 Å². The van der Waals surface area contributed by atoms with Crippen LogP contribution in [0.15, 0.2) is 24.3 Å². The van der Waals surface area contributed by atoms with Crippen molar-refractivity contribution in [3.63, 3.8) is 0 Å². The summed E-state index contributed by atoms with van der Waals surface area (Å²) >= 11 is 0. The van der Waals surface area contributed by atoms with Crippen LogP contribution in [0.1, 0.15) is 36.5 Å². The average molecular weight is 336 g/mol. The molecule has 0 radical (unpaired) electrons. The van der Waals surface area contributed by atoms with Gasteiger partial charge in [-0.15, -0.1) is 0 Å². The van der Waals surface area contributed by atoms with Gasteiger partial charge in [0, 0.05) is 31.6 Å². The number of halogens is 1. The molecule has 1 heterocycles. The Labute approximate surface area is 139 Å². The normalized spacial score (nSPS) is 17.9. The zero-order valence-electron chi connectivity index (χ0n) is 13.6. The SMILES string of the molecule is CC(=O)N(CC(=O)O)C1CCCN(C(=O)c2cccc(F)c2)CC1. The van der Waals surface area contributed by atoms with Crippen LogP contribution in [0.3, 0.4) is 0 Å². The second kappa shape index (κ2) is 7.90. The minimum absolute atomic E-state index is 0.205. The molecule has 1 fully saturated rings. The van der Waals surface area contributed by atoms with Gasteiger partial charge in [0.2, 0.25) is 5.91 Å². The highest BCUT2D eigenvalue weighted by Crippen LogP contribution is 2.19. The largest absolute Gasteiger partial charge is 0.480 e. The topological polar surface area (TPSA) is 77.9 Å². The smallest absolute Gasteiger partial charge is 0.323 e. The quantitative estimate of drug-likeness (QED) is 0.909. The van der Waals surface area contributed by atoms with Gasteiger partial charge in [-0.1, -0.05) is 6.07 Å². The summed E-state index contributed by atoms with van der Waals surface area (Å²) in [7, 11) is 0. The predicted molar refractivity (Wildman–Crippen MR) is 85.0 cm³/mol. The van der Waals surface area contributed by atoms with Crippen molar-refractivity contribution in [2.45, 2.75) is 32.2 Å². The highest BCUT2D eigenvalue weighted by atomic mass is 19.1. The predicted octanol–water partition coefficient (Wildman–Crippen LogP) is 1.75. The first kappa shape index (κ1) is 17.9. The van der Waals surface area contributed by atoms with Gasteiger partial charge >= 0.3 is 5.97 Å². The number of nitrogens with zero attached hydrogens (tertiary/aromatic N) is 2. The van der Waals surface area contributed by atoms with Gasteiger partial charge in [0.05, 0.1) is 0 Å². The number of carboxylic acid groups (broad SMARTS) is 1. The van der Waals surface area contributed by atoms with E-state index >= 15 is 0 Å². The number of amides is 2. The Balaban J connectivity index is 2.05. The fourth-order valence-corrected chi connectivity index (χ4v) is 3.04. The summed E-state index contributed by atoms with van der Waals surface area (Å²) in [5.74, 6) is -2.05. The van der Waals surface area contributed by atoms with E-state index in [-0.39, 0.29) is 24.4 Å². The van der Waals surface area contributed by atoms with Crippen LogP contribution in [-0.2, 0) is 9.59 Å². The summed E-state index contributed by atoms with van der Waals surface area (Å²) in [6.45, 7) is 1.93. The summed E-state index contributed by atoms with van der Waals surface area (Å²) in [6.07, 6.45) is 1.81. The first-order chi connectivity index (χ1) is 11.4. The Kier molecular flexibility index (Phi) is 5.89. The molecule has 1 saturated heterocycles. The summed E-state index contributed by atoms with van der Waals surface area (Å²) in [5, 5.41) is 8.95. The number of benzene rings is 1. The van der Waals surface area contributed by atoms with Crippen molar-refractivity contribution in [2.24, 2.45) is 0 Å². The van der Waals surface area contributed by atoms with Gasteiger partial charge in [0.25, 0.3) is 5.91 Å². The van der Waals surface area contributed by atoms with E-state index in [1.54, 1.807) is 11.0 Å². The second-order valence-electron chi connectivity index (χ2n) is 5.93. The van der Waals surface area contributed by atoms with Crippen LogP contribution in [0.4, 0.5) is 4.39 Å². The maximum Gasteiger partial charge on any atom is 0.323 e. The molecule has 0 bridgehead atoms. The number of rotatable bonds is 4. The van der Waals surface area contributed by atoms with E-state index in [4.69, 9.17) is 5.11 Å². The number of hydrogen-bond donors (Lipinski definition) is 1. The fourth-order valence-electron chi connectivity index (χ4n) is 3.04. The van der Waals surface area contributed by atoms with Gasteiger partial charge in [-0.3, -0.25) is 14.4 Å². The van der Waals surface area contributed by atoms with Crippen LogP contribution in [0.5, 0.6) is 0 Å². The standard InChI is InChI=1S/C17H21FN2O4/c1-12(21)20(11-16(22)23)15-6-3-8-19(9-7-15)17(24)13-4-2-5-14(18)10-13/h2,4-5,10,15H,3,6-9,11H2,1H3,(H,22,23). The lowest BCUT2D eigenvalue weighted by Crippen LogP contribution is -2.43. The molecule has 0 spiro atoms. The minimum Gasteiger partial charge on any atom is -0.480 e. The maximum atomic E-state index is 13.3. The van der Waals surface area contributed by atoms with Gasteiger partial charge in [0.1, 0.15) is 12.4 Å². The van der Waals surface area contributed by atoms with E-state index in [0.717, 1.165) is 0 Å². The van der Waals surface area contributed by atoms with Crippen molar-refractivity contribution in [1.29, 1.82) is 0 Å². The fraction of sp³-hybridized carbons (Fsp3) is 0.471. The molecule has 7 heteroatoms. The van der Waals surface area contributed by atoms with Crippen LogP contribution in [0, 0.1) is 5.82 Å². The van der Waals surface area contributed by atoms with Crippen molar-refractivity contribution in [3.05, 3.63) is 35.6 Å². The van der Waals surface area contributed by atoms with Gasteiger partial charge in [-0.2, -0.15) is 0 Å². The second-order valence-corrected chi connectivity index (χ2v) is 5.93. The number of likely N-dealkylation sites (tertiary alicyclic amines) is 1. The van der Waals surface area contributed by atoms with Crippen molar-refractivity contribution < 1.29 is 23.9 Å². The van der Waals surface area contributed by atoms with E-state index in [1.807, 2.05) is 0 Å². The van der Waals surface area contributed by atoms with Crippen molar-refractivity contribution in [3.8, 4) is 0 Å². The van der Waals surface area contributed by atoms with Crippen LogP contribution in [0.25, 0.3) is 0 Å². The van der Waals surface area contributed by atoms with Gasteiger partial charge < -0.3 is 14.9 Å². The molecular formula is C17H21FN2O4. The number of aliphatic carboxylic acids is 1. The molecule has 1 atom stereocenters. The Morgan fingerprint density at radius 1 is 1.29 bits per heavy atom. The first-order valence-corrected chi connectivity index (χ1v) is 7.92. The number of hydrogen-bond acceptors (Lipinski definition) is 3. The summed E-state index contributed by atoms with van der Waals surface area (Å²) < 4.78 is 13.3. The lowest BCUT2D eigenvalue weighted by Gasteiger charge is -2.28. The summed E-state index contributed by atoms with van der Waals surface area (Å²) in [6, 6.07) is 5.35. The van der Waals surface area contributed by atoms with E-state index < -0.39 is 11.8 Å². The van der Waals surface area contributed by atoms with Crippen LogP contribution >= 0.6 is 0 Å². The summed E-state index contributed by atoms with van der Waals surface area (Å²) in [5.41, 5.74) is 0.294. The third-order valence-electron chi connectivity index (χ3n) is 4.21. The molecule has 0 saturated carbocycles. The molecule has 1 aliphatic heterocycles. The van der Waals surface area contributed by atoms with E-state index in [9.17, 15) is 18.8 Å². The Morgan fingerprint density at radius 3 is 2.67 bits per heavy atom. The van der Waals surface area contributed by atoms with Gasteiger partial charge in [0.15, 0.2) is 0 Å². The molecule has 24 heavy (non-hydrogen) atoms.